The van der Waals surface area contributed by atoms with Gasteiger partial charge in [0, 0.05) is 5.41 Å². The third-order valence-corrected chi connectivity index (χ3v) is 2.70. The van der Waals surface area contributed by atoms with Gasteiger partial charge < -0.3 is 10.1 Å². The minimum absolute atomic E-state index is 0.0714. The fourth-order valence-corrected chi connectivity index (χ4v) is 1.87. The van der Waals surface area contributed by atoms with E-state index in [1.807, 2.05) is 0 Å². The molecule has 0 amide bonds. The Morgan fingerprint density at radius 2 is 2.06 bits per heavy atom. The summed E-state index contributed by atoms with van der Waals surface area (Å²) < 4.78 is 28.9. The molecule has 0 bridgehead atoms. The van der Waals surface area contributed by atoms with Crippen molar-refractivity contribution in [3.8, 4) is 0 Å². The van der Waals surface area contributed by atoms with Gasteiger partial charge in [0.1, 0.15) is 0 Å². The SMILES string of the molecule is CC(C)(C)C(=O)C1NCCCC1OC(F)F. The number of halogens is 2. The second kappa shape index (κ2) is 5.19. The normalized spacial score (nSPS) is 27.1. The Bertz CT molecular complexity index is 251. The lowest BCUT2D eigenvalue weighted by molar-refractivity contribution is -0.179. The highest BCUT2D eigenvalue weighted by Crippen LogP contribution is 2.24. The van der Waals surface area contributed by atoms with Crippen LogP contribution in [0.3, 0.4) is 0 Å². The van der Waals surface area contributed by atoms with E-state index in [2.05, 4.69) is 10.1 Å². The van der Waals surface area contributed by atoms with Crippen LogP contribution in [0.25, 0.3) is 0 Å². The topological polar surface area (TPSA) is 38.3 Å². The van der Waals surface area contributed by atoms with Crippen molar-refractivity contribution in [2.75, 3.05) is 6.54 Å². The smallest absolute Gasteiger partial charge is 0.317 e. The van der Waals surface area contributed by atoms with E-state index in [4.69, 9.17) is 0 Å². The molecule has 0 saturated carbocycles. The largest absolute Gasteiger partial charge is 0.345 e. The molecular formula is C11H19F2NO2. The van der Waals surface area contributed by atoms with Gasteiger partial charge in [-0.05, 0) is 19.4 Å². The third kappa shape index (κ3) is 3.49. The molecule has 0 spiro atoms. The van der Waals surface area contributed by atoms with Gasteiger partial charge in [-0.1, -0.05) is 20.8 Å². The molecule has 1 fully saturated rings. The Morgan fingerprint density at radius 1 is 1.44 bits per heavy atom. The fraction of sp³-hybridized carbons (Fsp3) is 0.909. The lowest BCUT2D eigenvalue weighted by Gasteiger charge is -2.34. The summed E-state index contributed by atoms with van der Waals surface area (Å²) in [4.78, 5) is 12.0. The van der Waals surface area contributed by atoms with E-state index in [9.17, 15) is 13.6 Å². The van der Waals surface area contributed by atoms with Gasteiger partial charge >= 0.3 is 6.61 Å². The number of Topliss-reactive ketones (excluding diaryl/α,β-unsaturated/α-hetero) is 1. The van der Waals surface area contributed by atoms with E-state index in [-0.39, 0.29) is 5.78 Å². The summed E-state index contributed by atoms with van der Waals surface area (Å²) >= 11 is 0. The molecule has 1 rings (SSSR count). The van der Waals surface area contributed by atoms with E-state index in [1.54, 1.807) is 20.8 Å². The zero-order valence-corrected chi connectivity index (χ0v) is 9.93. The van der Waals surface area contributed by atoms with Crippen molar-refractivity contribution < 1.29 is 18.3 Å². The second-order valence-electron chi connectivity index (χ2n) is 5.12. The van der Waals surface area contributed by atoms with Crippen LogP contribution in [0, 0.1) is 5.41 Å². The van der Waals surface area contributed by atoms with Gasteiger partial charge in [0.25, 0.3) is 0 Å². The van der Waals surface area contributed by atoms with Gasteiger partial charge in [-0.15, -0.1) is 0 Å². The quantitative estimate of drug-likeness (QED) is 0.812. The van der Waals surface area contributed by atoms with Crippen molar-refractivity contribution in [3.63, 3.8) is 0 Å². The number of rotatable bonds is 3. The Morgan fingerprint density at radius 3 is 2.56 bits per heavy atom. The Hall–Kier alpha value is -0.550. The van der Waals surface area contributed by atoms with Gasteiger partial charge in [0.15, 0.2) is 5.78 Å². The maximum Gasteiger partial charge on any atom is 0.345 e. The lowest BCUT2D eigenvalue weighted by atomic mass is 9.82. The first-order valence-corrected chi connectivity index (χ1v) is 5.53. The maximum atomic E-state index is 12.2. The molecular weight excluding hydrogens is 216 g/mol. The number of carbonyl (C=O) groups excluding carboxylic acids is 1. The first kappa shape index (κ1) is 13.5. The molecule has 94 valence electrons. The number of piperidine rings is 1. The molecule has 3 nitrogen and oxygen atoms in total. The van der Waals surface area contributed by atoms with E-state index in [0.29, 0.717) is 13.0 Å². The predicted molar refractivity (Wildman–Crippen MR) is 56.4 cm³/mol. The summed E-state index contributed by atoms with van der Waals surface area (Å²) in [7, 11) is 0. The van der Waals surface area contributed by atoms with Crippen LogP contribution in [0.5, 0.6) is 0 Å². The standard InChI is InChI=1S/C11H19F2NO2/c1-11(2,3)9(15)8-7(16-10(12)13)5-4-6-14-8/h7-8,10,14H,4-6H2,1-3H3. The van der Waals surface area contributed by atoms with Crippen molar-refractivity contribution in [1.29, 1.82) is 0 Å². The molecule has 2 atom stereocenters. The van der Waals surface area contributed by atoms with E-state index in [1.165, 1.54) is 0 Å². The number of alkyl halides is 2. The van der Waals surface area contributed by atoms with Crippen LogP contribution in [-0.4, -0.2) is 31.1 Å². The molecule has 1 N–H and O–H groups in total. The number of nitrogens with one attached hydrogen (secondary N) is 1. The number of hydrogen-bond acceptors (Lipinski definition) is 3. The molecule has 1 saturated heterocycles. The molecule has 0 aromatic carbocycles. The van der Waals surface area contributed by atoms with Gasteiger partial charge in [-0.2, -0.15) is 8.78 Å². The van der Waals surface area contributed by atoms with Crippen molar-refractivity contribution in [2.45, 2.75) is 52.4 Å². The molecule has 1 aliphatic heterocycles. The van der Waals surface area contributed by atoms with E-state index in [0.717, 1.165) is 6.42 Å². The minimum atomic E-state index is -2.82. The zero-order chi connectivity index (χ0) is 12.3. The number of ether oxygens (including phenoxy) is 1. The Kier molecular flexibility index (Phi) is 4.38. The predicted octanol–water partition coefficient (Wildman–Crippen LogP) is 1.96. The summed E-state index contributed by atoms with van der Waals surface area (Å²) in [5.41, 5.74) is -0.543. The van der Waals surface area contributed by atoms with Crippen LogP contribution < -0.4 is 5.32 Å². The van der Waals surface area contributed by atoms with Crippen LogP contribution >= 0.6 is 0 Å². The number of carbonyl (C=O) groups is 1. The zero-order valence-electron chi connectivity index (χ0n) is 9.93. The molecule has 0 radical (unpaired) electrons. The molecule has 0 aliphatic carbocycles. The summed E-state index contributed by atoms with van der Waals surface area (Å²) in [6, 6.07) is -0.609. The lowest BCUT2D eigenvalue weighted by Crippen LogP contribution is -2.54. The van der Waals surface area contributed by atoms with Crippen LogP contribution in [0.2, 0.25) is 0 Å². The first-order valence-electron chi connectivity index (χ1n) is 5.53. The van der Waals surface area contributed by atoms with Crippen molar-refractivity contribution in [3.05, 3.63) is 0 Å². The maximum absolute atomic E-state index is 12.2. The molecule has 1 heterocycles. The highest BCUT2D eigenvalue weighted by atomic mass is 19.3. The second-order valence-corrected chi connectivity index (χ2v) is 5.12. The van der Waals surface area contributed by atoms with Crippen molar-refractivity contribution >= 4 is 5.78 Å². The molecule has 0 aromatic heterocycles. The summed E-state index contributed by atoms with van der Waals surface area (Å²) in [6.45, 7) is 3.21. The van der Waals surface area contributed by atoms with Gasteiger partial charge in [-0.25, -0.2) is 0 Å². The molecule has 0 aromatic rings. The van der Waals surface area contributed by atoms with Crippen LogP contribution in [0.1, 0.15) is 33.6 Å². The fourth-order valence-electron chi connectivity index (χ4n) is 1.87. The summed E-state index contributed by atoms with van der Waals surface area (Å²) in [5, 5.41) is 2.97. The van der Waals surface area contributed by atoms with Gasteiger partial charge in [0.2, 0.25) is 0 Å². The first-order chi connectivity index (χ1) is 7.32. The summed E-state index contributed by atoms with van der Waals surface area (Å²) in [6.07, 6.45) is 0.551. The molecule has 16 heavy (non-hydrogen) atoms. The highest BCUT2D eigenvalue weighted by Gasteiger charge is 2.38. The van der Waals surface area contributed by atoms with Crippen molar-refractivity contribution in [2.24, 2.45) is 5.41 Å². The van der Waals surface area contributed by atoms with Crippen LogP contribution in [-0.2, 0) is 9.53 Å². The molecule has 5 heteroatoms. The van der Waals surface area contributed by atoms with Gasteiger partial charge in [0.05, 0.1) is 12.1 Å². The Balaban J connectivity index is 2.70. The van der Waals surface area contributed by atoms with Crippen LogP contribution in [0.15, 0.2) is 0 Å². The number of ketones is 1. The van der Waals surface area contributed by atoms with E-state index >= 15 is 0 Å². The Labute approximate surface area is 94.5 Å². The third-order valence-electron chi connectivity index (χ3n) is 2.70. The minimum Gasteiger partial charge on any atom is -0.317 e. The molecule has 1 aliphatic rings. The monoisotopic (exact) mass is 235 g/mol. The number of hydrogen-bond donors (Lipinski definition) is 1. The molecule has 2 unspecified atom stereocenters. The van der Waals surface area contributed by atoms with Gasteiger partial charge in [-0.3, -0.25) is 4.79 Å². The van der Waals surface area contributed by atoms with E-state index < -0.39 is 24.2 Å². The summed E-state index contributed by atoms with van der Waals surface area (Å²) in [5.74, 6) is -0.0714. The average molecular weight is 235 g/mol. The van der Waals surface area contributed by atoms with Crippen molar-refractivity contribution in [1.82, 2.24) is 5.32 Å². The average Bonchev–Trinajstić information content (AvgIpc) is 2.15. The van der Waals surface area contributed by atoms with Crippen LogP contribution in [0.4, 0.5) is 8.78 Å². The highest BCUT2D eigenvalue weighted by molar-refractivity contribution is 5.89.